The van der Waals surface area contributed by atoms with Gasteiger partial charge in [-0.2, -0.15) is 0 Å². The minimum atomic E-state index is -0.237. The molecule has 2 atom stereocenters. The Balaban J connectivity index is 1.61. The van der Waals surface area contributed by atoms with E-state index in [-0.39, 0.29) is 12.1 Å². The number of nitrogens with two attached hydrogens (primary N) is 2. The number of ether oxygens (including phenoxy) is 2. The quantitative estimate of drug-likeness (QED) is 0.744. The average molecular weight is 300 g/mol. The first-order valence-corrected chi connectivity index (χ1v) is 7.50. The first kappa shape index (κ1) is 16.6. The van der Waals surface area contributed by atoms with Crippen LogP contribution in [0.15, 0.2) is 60.7 Å². The summed E-state index contributed by atoms with van der Waals surface area (Å²) in [6.07, 6.45) is 0. The molecular weight excluding hydrogens is 276 g/mol. The van der Waals surface area contributed by atoms with Crippen LogP contribution in [-0.4, -0.2) is 25.3 Å². The maximum atomic E-state index is 6.03. The molecule has 0 aliphatic heterocycles. The second-order valence-electron chi connectivity index (χ2n) is 5.33. The predicted molar refractivity (Wildman–Crippen MR) is 88.1 cm³/mol. The standard InChI is InChI=1S/C18H24N2O2/c19-17(13-21-11-15-7-3-1-4-8-15)18(20)14-22-12-16-9-5-2-6-10-16/h1-10,17-18H,11-14,19-20H2. The molecule has 0 aromatic heterocycles. The topological polar surface area (TPSA) is 70.5 Å². The van der Waals surface area contributed by atoms with Crippen molar-refractivity contribution in [2.75, 3.05) is 13.2 Å². The van der Waals surface area contributed by atoms with Gasteiger partial charge in [0.2, 0.25) is 0 Å². The van der Waals surface area contributed by atoms with Crippen LogP contribution in [0.3, 0.4) is 0 Å². The lowest BCUT2D eigenvalue weighted by atomic mass is 10.1. The van der Waals surface area contributed by atoms with Crippen molar-refractivity contribution in [3.8, 4) is 0 Å². The van der Waals surface area contributed by atoms with Crippen molar-refractivity contribution in [3.05, 3.63) is 71.8 Å². The Morgan fingerprint density at radius 2 is 1.00 bits per heavy atom. The van der Waals surface area contributed by atoms with Crippen LogP contribution in [0.4, 0.5) is 0 Å². The maximum absolute atomic E-state index is 6.03. The fraction of sp³-hybridized carbons (Fsp3) is 0.333. The lowest BCUT2D eigenvalue weighted by Crippen LogP contribution is -2.47. The fourth-order valence-electron chi connectivity index (χ4n) is 2.02. The van der Waals surface area contributed by atoms with Crippen LogP contribution in [0.25, 0.3) is 0 Å². The van der Waals surface area contributed by atoms with Crippen LogP contribution < -0.4 is 11.5 Å². The highest BCUT2D eigenvalue weighted by molar-refractivity contribution is 5.14. The summed E-state index contributed by atoms with van der Waals surface area (Å²) < 4.78 is 11.2. The monoisotopic (exact) mass is 300 g/mol. The molecule has 0 bridgehead atoms. The minimum Gasteiger partial charge on any atom is -0.375 e. The lowest BCUT2D eigenvalue weighted by molar-refractivity contribution is 0.0683. The average Bonchev–Trinajstić information content (AvgIpc) is 2.56. The summed E-state index contributed by atoms with van der Waals surface area (Å²) in [5.41, 5.74) is 14.3. The van der Waals surface area contributed by atoms with Gasteiger partial charge in [-0.3, -0.25) is 0 Å². The van der Waals surface area contributed by atoms with Crippen molar-refractivity contribution >= 4 is 0 Å². The summed E-state index contributed by atoms with van der Waals surface area (Å²) in [4.78, 5) is 0. The fourth-order valence-corrected chi connectivity index (χ4v) is 2.02. The minimum absolute atomic E-state index is 0.237. The lowest BCUT2D eigenvalue weighted by Gasteiger charge is -2.20. The Morgan fingerprint density at radius 1 is 0.636 bits per heavy atom. The molecule has 0 fully saturated rings. The summed E-state index contributed by atoms with van der Waals surface area (Å²) >= 11 is 0. The second kappa shape index (κ2) is 9.33. The first-order valence-electron chi connectivity index (χ1n) is 7.50. The Morgan fingerprint density at radius 3 is 1.36 bits per heavy atom. The molecule has 2 unspecified atom stereocenters. The van der Waals surface area contributed by atoms with E-state index in [0.717, 1.165) is 11.1 Å². The molecule has 2 rings (SSSR count). The van der Waals surface area contributed by atoms with E-state index >= 15 is 0 Å². The molecule has 0 amide bonds. The van der Waals surface area contributed by atoms with E-state index < -0.39 is 0 Å². The summed E-state index contributed by atoms with van der Waals surface area (Å²) in [6.45, 7) is 1.94. The van der Waals surface area contributed by atoms with Gasteiger partial charge in [0.15, 0.2) is 0 Å². The molecule has 4 heteroatoms. The normalized spacial score (nSPS) is 13.7. The Labute approximate surface area is 132 Å². The van der Waals surface area contributed by atoms with Gasteiger partial charge in [0, 0.05) is 12.1 Å². The van der Waals surface area contributed by atoms with E-state index in [4.69, 9.17) is 20.9 Å². The molecule has 0 heterocycles. The second-order valence-corrected chi connectivity index (χ2v) is 5.33. The molecule has 2 aromatic rings. The largest absolute Gasteiger partial charge is 0.375 e. The highest BCUT2D eigenvalue weighted by atomic mass is 16.5. The van der Waals surface area contributed by atoms with Crippen LogP contribution in [0.5, 0.6) is 0 Å². The zero-order valence-corrected chi connectivity index (χ0v) is 12.7. The molecule has 4 nitrogen and oxygen atoms in total. The van der Waals surface area contributed by atoms with E-state index in [9.17, 15) is 0 Å². The van der Waals surface area contributed by atoms with Crippen molar-refractivity contribution in [2.45, 2.75) is 25.3 Å². The van der Waals surface area contributed by atoms with E-state index in [1.165, 1.54) is 0 Å². The van der Waals surface area contributed by atoms with Gasteiger partial charge < -0.3 is 20.9 Å². The molecule has 0 saturated heterocycles. The number of hydrogen-bond donors (Lipinski definition) is 2. The van der Waals surface area contributed by atoms with Crippen molar-refractivity contribution in [1.82, 2.24) is 0 Å². The molecule has 0 aliphatic rings. The summed E-state index contributed by atoms with van der Waals surface area (Å²) in [5.74, 6) is 0. The van der Waals surface area contributed by atoms with Crippen LogP contribution in [0.1, 0.15) is 11.1 Å². The third kappa shape index (κ3) is 5.95. The van der Waals surface area contributed by atoms with Gasteiger partial charge in [-0.25, -0.2) is 0 Å². The van der Waals surface area contributed by atoms with Crippen LogP contribution in [-0.2, 0) is 22.7 Å². The summed E-state index contributed by atoms with van der Waals surface area (Å²) in [7, 11) is 0. The van der Waals surface area contributed by atoms with Crippen LogP contribution in [0.2, 0.25) is 0 Å². The number of rotatable bonds is 9. The predicted octanol–water partition coefficient (Wildman–Crippen LogP) is 2.07. The first-order chi connectivity index (χ1) is 10.8. The molecule has 0 aliphatic carbocycles. The molecule has 0 saturated carbocycles. The number of benzene rings is 2. The Bertz CT molecular complexity index is 470. The van der Waals surface area contributed by atoms with Crippen LogP contribution >= 0.6 is 0 Å². The zero-order valence-electron chi connectivity index (χ0n) is 12.7. The highest BCUT2D eigenvalue weighted by Crippen LogP contribution is 2.03. The van der Waals surface area contributed by atoms with Crippen molar-refractivity contribution in [3.63, 3.8) is 0 Å². The Kier molecular flexibility index (Phi) is 7.06. The molecule has 0 radical (unpaired) electrons. The SMILES string of the molecule is NC(COCc1ccccc1)C(N)COCc1ccccc1. The van der Waals surface area contributed by atoms with E-state index in [1.807, 2.05) is 60.7 Å². The summed E-state index contributed by atoms with van der Waals surface area (Å²) in [6, 6.07) is 19.5. The van der Waals surface area contributed by atoms with Crippen molar-refractivity contribution in [2.24, 2.45) is 11.5 Å². The van der Waals surface area contributed by atoms with Gasteiger partial charge in [-0.05, 0) is 11.1 Å². The molecule has 2 aromatic carbocycles. The number of hydrogen-bond acceptors (Lipinski definition) is 4. The van der Waals surface area contributed by atoms with Crippen molar-refractivity contribution < 1.29 is 9.47 Å². The zero-order chi connectivity index (χ0) is 15.6. The van der Waals surface area contributed by atoms with Gasteiger partial charge in [-0.15, -0.1) is 0 Å². The summed E-state index contributed by atoms with van der Waals surface area (Å²) in [5, 5.41) is 0. The van der Waals surface area contributed by atoms with Gasteiger partial charge in [0.1, 0.15) is 0 Å². The van der Waals surface area contributed by atoms with Gasteiger partial charge in [-0.1, -0.05) is 60.7 Å². The van der Waals surface area contributed by atoms with E-state index in [1.54, 1.807) is 0 Å². The Hall–Kier alpha value is -1.72. The molecule has 4 N–H and O–H groups in total. The molecule has 22 heavy (non-hydrogen) atoms. The highest BCUT2D eigenvalue weighted by Gasteiger charge is 2.13. The molecule has 118 valence electrons. The molecule has 0 spiro atoms. The third-order valence-electron chi connectivity index (χ3n) is 3.39. The van der Waals surface area contributed by atoms with Gasteiger partial charge >= 0.3 is 0 Å². The van der Waals surface area contributed by atoms with Crippen molar-refractivity contribution in [1.29, 1.82) is 0 Å². The third-order valence-corrected chi connectivity index (χ3v) is 3.39. The smallest absolute Gasteiger partial charge is 0.0717 e. The molecular formula is C18H24N2O2. The van der Waals surface area contributed by atoms with E-state index in [0.29, 0.717) is 26.4 Å². The van der Waals surface area contributed by atoms with Crippen LogP contribution in [0, 0.1) is 0 Å². The van der Waals surface area contributed by atoms with E-state index in [2.05, 4.69) is 0 Å². The maximum Gasteiger partial charge on any atom is 0.0717 e. The van der Waals surface area contributed by atoms with Gasteiger partial charge in [0.05, 0.1) is 26.4 Å². The van der Waals surface area contributed by atoms with Gasteiger partial charge in [0.25, 0.3) is 0 Å².